The van der Waals surface area contributed by atoms with Gasteiger partial charge < -0.3 is 38.6 Å². The van der Waals surface area contributed by atoms with Crippen molar-refractivity contribution < 1.29 is 62.6 Å². The molecular weight excluding hydrogens is 628 g/mol. The van der Waals surface area contributed by atoms with Gasteiger partial charge in [0.25, 0.3) is 0 Å². The van der Waals surface area contributed by atoms with Crippen LogP contribution in [0.5, 0.6) is 0 Å². The Labute approximate surface area is 278 Å². The van der Waals surface area contributed by atoms with E-state index in [0.29, 0.717) is 5.57 Å². The normalized spacial score (nSPS) is 37.0. The van der Waals surface area contributed by atoms with Gasteiger partial charge in [0, 0.05) is 46.5 Å². The van der Waals surface area contributed by atoms with Crippen LogP contribution in [-0.2, 0) is 47.6 Å². The number of hydrogen-bond acceptors (Lipinski definition) is 13. The number of aliphatic hydroxyl groups is 2. The zero-order chi connectivity index (χ0) is 35.6. The van der Waals surface area contributed by atoms with Crippen molar-refractivity contribution in [2.75, 3.05) is 6.61 Å². The summed E-state index contributed by atoms with van der Waals surface area (Å²) in [5, 5.41) is 25.0. The van der Waals surface area contributed by atoms with Crippen molar-refractivity contribution in [2.24, 2.45) is 16.7 Å². The molecule has 0 spiro atoms. The Balaban J connectivity index is 1.93. The summed E-state index contributed by atoms with van der Waals surface area (Å²) in [4.78, 5) is 65.1. The molecule has 0 radical (unpaired) electrons. The van der Waals surface area contributed by atoms with E-state index < -0.39 is 94.4 Å². The fourth-order valence-electron chi connectivity index (χ4n) is 8.89. The molecule has 48 heavy (non-hydrogen) atoms. The van der Waals surface area contributed by atoms with Crippen LogP contribution in [0.3, 0.4) is 0 Å². The van der Waals surface area contributed by atoms with Gasteiger partial charge in [-0.2, -0.15) is 0 Å². The van der Waals surface area contributed by atoms with Gasteiger partial charge in [0.2, 0.25) is 0 Å². The molecule has 10 unspecified atom stereocenters. The maximum absolute atomic E-state index is 14.1. The summed E-state index contributed by atoms with van der Waals surface area (Å²) in [5.74, 6) is -4.96. The number of benzene rings is 1. The second-order valence-electron chi connectivity index (χ2n) is 14.1. The molecule has 262 valence electrons. The molecule has 3 aliphatic carbocycles. The lowest BCUT2D eigenvalue weighted by Crippen LogP contribution is -2.78. The highest BCUT2D eigenvalue weighted by molar-refractivity contribution is 5.89. The standard InChI is InChI=1S/C35H44O13/c1-17-23(44-18(2)36)15-34(32(6,7)41)26(17)27(46-20(4)38)29(47-21(5)39)33(8)24(45-19(3)37)14-25-35(42,16-43-25)28(33)30(34)48-31(40)22-12-10-9-11-13-22/h9-13,23-25,27-30,41-42H,14-16H2,1-8H3. The predicted molar refractivity (Wildman–Crippen MR) is 165 cm³/mol. The van der Waals surface area contributed by atoms with Gasteiger partial charge in [-0.15, -0.1) is 0 Å². The Morgan fingerprint density at radius 2 is 1.44 bits per heavy atom. The molecule has 2 N–H and O–H groups in total. The van der Waals surface area contributed by atoms with Crippen LogP contribution >= 0.6 is 0 Å². The number of ether oxygens (including phenoxy) is 6. The first-order valence-corrected chi connectivity index (χ1v) is 16.0. The summed E-state index contributed by atoms with van der Waals surface area (Å²) >= 11 is 0. The molecule has 4 aliphatic rings. The van der Waals surface area contributed by atoms with Crippen LogP contribution in [0.4, 0.5) is 0 Å². The lowest BCUT2D eigenvalue weighted by Gasteiger charge is -2.64. The van der Waals surface area contributed by atoms with Gasteiger partial charge in [-0.3, -0.25) is 19.2 Å². The van der Waals surface area contributed by atoms with Gasteiger partial charge in [-0.1, -0.05) is 25.1 Å². The van der Waals surface area contributed by atoms with Crippen LogP contribution in [0.15, 0.2) is 41.5 Å². The van der Waals surface area contributed by atoms with E-state index in [-0.39, 0.29) is 30.6 Å². The van der Waals surface area contributed by atoms with Gasteiger partial charge in [0.1, 0.15) is 23.9 Å². The molecule has 0 aromatic heterocycles. The van der Waals surface area contributed by atoms with Gasteiger partial charge in [-0.25, -0.2) is 4.79 Å². The van der Waals surface area contributed by atoms with Gasteiger partial charge in [0.05, 0.1) is 34.7 Å². The Morgan fingerprint density at radius 1 is 0.854 bits per heavy atom. The van der Waals surface area contributed by atoms with E-state index in [1.165, 1.54) is 27.7 Å². The van der Waals surface area contributed by atoms with Crippen LogP contribution in [-0.4, -0.2) is 94.5 Å². The molecule has 0 bridgehead atoms. The van der Waals surface area contributed by atoms with Crippen LogP contribution in [0.2, 0.25) is 0 Å². The molecular formula is C35H44O13. The van der Waals surface area contributed by atoms with Crippen LogP contribution in [0.25, 0.3) is 0 Å². The van der Waals surface area contributed by atoms with Crippen molar-refractivity contribution in [2.45, 2.75) is 116 Å². The third kappa shape index (κ3) is 5.49. The molecule has 2 saturated carbocycles. The monoisotopic (exact) mass is 672 g/mol. The molecule has 1 aromatic carbocycles. The minimum atomic E-state index is -1.85. The largest absolute Gasteiger partial charge is 0.462 e. The van der Waals surface area contributed by atoms with E-state index >= 15 is 0 Å². The lowest BCUT2D eigenvalue weighted by atomic mass is 9.49. The van der Waals surface area contributed by atoms with E-state index in [1.807, 2.05) is 0 Å². The maximum Gasteiger partial charge on any atom is 0.338 e. The summed E-state index contributed by atoms with van der Waals surface area (Å²) in [6, 6.07) is 8.11. The second kappa shape index (κ2) is 12.3. The smallest absolute Gasteiger partial charge is 0.338 e. The fraction of sp³-hybridized carbons (Fsp3) is 0.629. The molecule has 1 heterocycles. The molecule has 1 saturated heterocycles. The Bertz CT molecular complexity index is 1530. The summed E-state index contributed by atoms with van der Waals surface area (Å²) in [7, 11) is 0. The third-order valence-electron chi connectivity index (χ3n) is 10.8. The van der Waals surface area contributed by atoms with Crippen molar-refractivity contribution in [1.82, 2.24) is 0 Å². The van der Waals surface area contributed by atoms with E-state index in [4.69, 9.17) is 28.4 Å². The Morgan fingerprint density at radius 3 is 1.94 bits per heavy atom. The highest BCUT2D eigenvalue weighted by Crippen LogP contribution is 2.68. The van der Waals surface area contributed by atoms with E-state index in [9.17, 15) is 34.2 Å². The summed E-state index contributed by atoms with van der Waals surface area (Å²) in [6.45, 7) is 10.8. The van der Waals surface area contributed by atoms with E-state index in [2.05, 4.69) is 0 Å². The SMILES string of the molecule is CC(=O)OC1CC2(C(C)(C)O)C(=C1C)C(OC(C)=O)C(OC(C)=O)C1(C)C(OC(C)=O)CC3OCC3(O)C1C2OC(=O)c1ccccc1. The molecule has 3 fully saturated rings. The zero-order valence-corrected chi connectivity index (χ0v) is 28.4. The second-order valence-corrected chi connectivity index (χ2v) is 14.1. The molecule has 5 rings (SSSR count). The van der Waals surface area contributed by atoms with Crippen LogP contribution in [0, 0.1) is 16.7 Å². The molecule has 13 nitrogen and oxygen atoms in total. The minimum Gasteiger partial charge on any atom is -0.462 e. The lowest BCUT2D eigenvalue weighted by molar-refractivity contribution is -0.350. The van der Waals surface area contributed by atoms with Gasteiger partial charge >= 0.3 is 29.8 Å². The first kappa shape index (κ1) is 35.5. The number of rotatable bonds is 7. The minimum absolute atomic E-state index is 0.0311. The number of carbonyl (C=O) groups is 5. The first-order valence-electron chi connectivity index (χ1n) is 16.0. The zero-order valence-electron chi connectivity index (χ0n) is 28.4. The summed E-state index contributed by atoms with van der Waals surface area (Å²) in [5.41, 5.74) is -6.29. The summed E-state index contributed by atoms with van der Waals surface area (Å²) in [6.07, 6.45) is -7.69. The average Bonchev–Trinajstić information content (AvgIpc) is 3.23. The van der Waals surface area contributed by atoms with Crippen molar-refractivity contribution >= 4 is 29.8 Å². The van der Waals surface area contributed by atoms with Gasteiger partial charge in [-0.05, 0) is 44.1 Å². The third-order valence-corrected chi connectivity index (χ3v) is 10.8. The molecule has 0 amide bonds. The van der Waals surface area contributed by atoms with Gasteiger partial charge in [0.15, 0.2) is 12.2 Å². The Hall–Kier alpha value is -3.81. The number of esters is 5. The maximum atomic E-state index is 14.1. The topological polar surface area (TPSA) is 181 Å². The molecule has 10 atom stereocenters. The molecule has 13 heteroatoms. The first-order chi connectivity index (χ1) is 22.3. The average molecular weight is 673 g/mol. The highest BCUT2D eigenvalue weighted by atomic mass is 16.6. The van der Waals surface area contributed by atoms with Crippen molar-refractivity contribution in [3.8, 4) is 0 Å². The van der Waals surface area contributed by atoms with E-state index in [1.54, 1.807) is 44.2 Å². The van der Waals surface area contributed by atoms with Crippen molar-refractivity contribution in [1.29, 1.82) is 0 Å². The predicted octanol–water partition coefficient (Wildman–Crippen LogP) is 2.59. The number of fused-ring (bicyclic) bond motifs is 4. The molecule has 1 aliphatic heterocycles. The number of hydrogen-bond donors (Lipinski definition) is 2. The quantitative estimate of drug-likeness (QED) is 0.245. The number of carbonyl (C=O) groups excluding carboxylic acids is 5. The summed E-state index contributed by atoms with van der Waals surface area (Å²) < 4.78 is 36.1. The van der Waals surface area contributed by atoms with Crippen molar-refractivity contribution in [3.63, 3.8) is 0 Å². The Kier molecular flexibility index (Phi) is 9.07. The highest BCUT2D eigenvalue weighted by Gasteiger charge is 2.79. The van der Waals surface area contributed by atoms with Crippen molar-refractivity contribution in [3.05, 3.63) is 47.0 Å². The van der Waals surface area contributed by atoms with E-state index in [0.717, 1.165) is 13.8 Å². The van der Waals surface area contributed by atoms with Crippen LogP contribution < -0.4 is 0 Å². The molecule has 1 aromatic rings. The fourth-order valence-corrected chi connectivity index (χ4v) is 8.89. The van der Waals surface area contributed by atoms with Crippen LogP contribution in [0.1, 0.15) is 78.6 Å².